The van der Waals surface area contributed by atoms with E-state index in [4.69, 9.17) is 14.2 Å². The Morgan fingerprint density at radius 3 is 2.18 bits per heavy atom. The molecule has 0 radical (unpaired) electrons. The monoisotopic (exact) mass is 533 g/mol. The molecule has 206 valence electrons. The van der Waals surface area contributed by atoms with Crippen molar-refractivity contribution in [1.82, 2.24) is 20.3 Å². The predicted octanol–water partition coefficient (Wildman–Crippen LogP) is 4.80. The van der Waals surface area contributed by atoms with Crippen LogP contribution in [-0.4, -0.2) is 58.4 Å². The summed E-state index contributed by atoms with van der Waals surface area (Å²) in [5.41, 5.74) is 1.05. The molecule has 4 rings (SSSR count). The van der Waals surface area contributed by atoms with Crippen LogP contribution in [-0.2, 0) is 9.53 Å². The lowest BCUT2D eigenvalue weighted by Crippen LogP contribution is -2.48. The number of carbonyl (C=O) groups excluding carboxylic acids is 2. The molecular formula is C29H35N5O5. The van der Waals surface area contributed by atoms with Crippen LogP contribution in [0.15, 0.2) is 61.1 Å². The fourth-order valence-electron chi connectivity index (χ4n) is 4.47. The molecule has 2 amide bonds. The van der Waals surface area contributed by atoms with Gasteiger partial charge < -0.3 is 19.5 Å². The number of alkyl carbamates (subject to hydrolysis) is 1. The fraction of sp³-hybridized carbons (Fsp3) is 0.414. The van der Waals surface area contributed by atoms with Crippen molar-refractivity contribution in [2.75, 3.05) is 18.6 Å². The molecule has 1 fully saturated rings. The zero-order valence-corrected chi connectivity index (χ0v) is 22.8. The number of nitrogens with one attached hydrogen (secondary N) is 1. The number of benzene rings is 1. The van der Waals surface area contributed by atoms with Crippen LogP contribution in [0.5, 0.6) is 11.8 Å². The van der Waals surface area contributed by atoms with E-state index in [2.05, 4.69) is 20.3 Å². The Balaban J connectivity index is 1.47. The number of rotatable bonds is 8. The standard InChI is InChI=1S/C29H35N5O5/c1-29(2,3)39-28(36)33-22-11-13-23(14-12-22)34(26(35)19-38-24-8-6-5-7-9-24)25-15-10-20(16-30-25)21-17-31-27(37-4)32-18-21/h5-10,15-18,22-23H,11-14,19H2,1-4H3,(H,33,36)/t22-,23-. The van der Waals surface area contributed by atoms with Crippen LogP contribution in [0.25, 0.3) is 11.1 Å². The van der Waals surface area contributed by atoms with E-state index in [1.807, 2.05) is 63.2 Å². The molecule has 0 saturated heterocycles. The minimum absolute atomic E-state index is 0.0148. The third-order valence-electron chi connectivity index (χ3n) is 6.30. The summed E-state index contributed by atoms with van der Waals surface area (Å²) in [6, 6.07) is 13.1. The van der Waals surface area contributed by atoms with Crippen LogP contribution in [0.4, 0.5) is 10.6 Å². The van der Waals surface area contributed by atoms with Gasteiger partial charge in [-0.3, -0.25) is 9.69 Å². The van der Waals surface area contributed by atoms with Gasteiger partial charge >= 0.3 is 12.1 Å². The number of ether oxygens (including phenoxy) is 3. The Kier molecular flexibility index (Phi) is 8.96. The first-order valence-electron chi connectivity index (χ1n) is 13.0. The first-order valence-corrected chi connectivity index (χ1v) is 13.0. The molecule has 1 saturated carbocycles. The highest BCUT2D eigenvalue weighted by atomic mass is 16.6. The first-order chi connectivity index (χ1) is 18.7. The maximum atomic E-state index is 13.5. The summed E-state index contributed by atoms with van der Waals surface area (Å²) in [7, 11) is 1.51. The molecule has 0 spiro atoms. The van der Waals surface area contributed by atoms with E-state index in [9.17, 15) is 9.59 Å². The molecule has 0 atom stereocenters. The van der Waals surface area contributed by atoms with Crippen molar-refractivity contribution in [3.63, 3.8) is 0 Å². The lowest BCUT2D eigenvalue weighted by atomic mass is 9.90. The summed E-state index contributed by atoms with van der Waals surface area (Å²) in [5, 5.41) is 2.96. The van der Waals surface area contributed by atoms with Gasteiger partial charge in [0.05, 0.1) is 7.11 Å². The minimum atomic E-state index is -0.557. The van der Waals surface area contributed by atoms with E-state index in [0.29, 0.717) is 37.3 Å². The summed E-state index contributed by atoms with van der Waals surface area (Å²) >= 11 is 0. The number of hydrogen-bond acceptors (Lipinski definition) is 8. The zero-order valence-electron chi connectivity index (χ0n) is 22.8. The SMILES string of the molecule is COc1ncc(-c2ccc(N(C(=O)COc3ccccc3)[C@H]3CC[C@H](NC(=O)OC(C)(C)C)CC3)nc2)cn1. The average Bonchev–Trinajstić information content (AvgIpc) is 2.93. The summed E-state index contributed by atoms with van der Waals surface area (Å²) < 4.78 is 16.2. The van der Waals surface area contributed by atoms with Crippen molar-refractivity contribution in [3.05, 3.63) is 61.1 Å². The third-order valence-corrected chi connectivity index (χ3v) is 6.30. The van der Waals surface area contributed by atoms with Crippen molar-refractivity contribution in [2.24, 2.45) is 0 Å². The lowest BCUT2D eigenvalue weighted by Gasteiger charge is -2.36. The Labute approximate surface area is 228 Å². The summed E-state index contributed by atoms with van der Waals surface area (Å²) in [4.78, 5) is 40.4. The number of nitrogens with zero attached hydrogens (tertiary/aromatic N) is 4. The van der Waals surface area contributed by atoms with Gasteiger partial charge in [-0.2, -0.15) is 0 Å². The largest absolute Gasteiger partial charge is 0.484 e. The van der Waals surface area contributed by atoms with Crippen LogP contribution in [0.1, 0.15) is 46.5 Å². The number of anilines is 1. The van der Waals surface area contributed by atoms with Crippen molar-refractivity contribution in [2.45, 2.75) is 64.1 Å². The highest BCUT2D eigenvalue weighted by Gasteiger charge is 2.32. The van der Waals surface area contributed by atoms with Gasteiger partial charge in [0.15, 0.2) is 6.61 Å². The highest BCUT2D eigenvalue weighted by Crippen LogP contribution is 2.29. The number of para-hydroxylation sites is 1. The molecular weight excluding hydrogens is 498 g/mol. The van der Waals surface area contributed by atoms with Crippen molar-refractivity contribution in [1.29, 1.82) is 0 Å². The molecule has 39 heavy (non-hydrogen) atoms. The maximum Gasteiger partial charge on any atom is 0.407 e. The van der Waals surface area contributed by atoms with Gasteiger partial charge in [-0.25, -0.2) is 19.7 Å². The van der Waals surface area contributed by atoms with E-state index in [0.717, 1.165) is 11.1 Å². The predicted molar refractivity (Wildman–Crippen MR) is 147 cm³/mol. The van der Waals surface area contributed by atoms with Crippen molar-refractivity contribution >= 4 is 17.8 Å². The Hall–Kier alpha value is -4.21. The second-order valence-electron chi connectivity index (χ2n) is 10.4. The second-order valence-corrected chi connectivity index (χ2v) is 10.4. The summed E-state index contributed by atoms with van der Waals surface area (Å²) in [5.74, 6) is 0.979. The minimum Gasteiger partial charge on any atom is -0.484 e. The smallest absolute Gasteiger partial charge is 0.407 e. The van der Waals surface area contributed by atoms with Crippen LogP contribution in [0, 0.1) is 0 Å². The van der Waals surface area contributed by atoms with E-state index in [1.54, 1.807) is 23.5 Å². The van der Waals surface area contributed by atoms with Crippen LogP contribution >= 0.6 is 0 Å². The fourth-order valence-corrected chi connectivity index (χ4v) is 4.47. The van der Waals surface area contributed by atoms with Gasteiger partial charge in [0.1, 0.15) is 17.2 Å². The topological polar surface area (TPSA) is 116 Å². The van der Waals surface area contributed by atoms with Crippen LogP contribution < -0.4 is 19.7 Å². The Morgan fingerprint density at radius 1 is 0.923 bits per heavy atom. The number of aromatic nitrogens is 3. The van der Waals surface area contributed by atoms with Gasteiger partial charge in [0.25, 0.3) is 5.91 Å². The average molecular weight is 534 g/mol. The first kappa shape index (κ1) is 27.8. The van der Waals surface area contributed by atoms with Gasteiger partial charge in [0, 0.05) is 41.8 Å². The molecule has 0 aliphatic heterocycles. The van der Waals surface area contributed by atoms with Crippen LogP contribution in [0.3, 0.4) is 0 Å². The Bertz CT molecular complexity index is 1220. The molecule has 3 aromatic rings. The molecule has 1 aromatic carbocycles. The summed E-state index contributed by atoms with van der Waals surface area (Å²) in [6.45, 7) is 5.40. The second kappa shape index (κ2) is 12.6. The van der Waals surface area contributed by atoms with E-state index < -0.39 is 11.7 Å². The normalized spacial score (nSPS) is 17.1. The van der Waals surface area contributed by atoms with Crippen LogP contribution in [0.2, 0.25) is 0 Å². The van der Waals surface area contributed by atoms with Gasteiger partial charge in [-0.15, -0.1) is 0 Å². The number of hydrogen-bond donors (Lipinski definition) is 1. The lowest BCUT2D eigenvalue weighted by molar-refractivity contribution is -0.121. The Morgan fingerprint density at radius 2 is 1.59 bits per heavy atom. The molecule has 0 bridgehead atoms. The number of amides is 2. The van der Waals surface area contributed by atoms with Gasteiger partial charge in [-0.1, -0.05) is 18.2 Å². The number of methoxy groups -OCH3 is 1. The summed E-state index contributed by atoms with van der Waals surface area (Å²) in [6.07, 6.45) is 7.45. The zero-order chi connectivity index (χ0) is 27.8. The van der Waals surface area contributed by atoms with E-state index in [-0.39, 0.29) is 30.6 Å². The molecule has 10 nitrogen and oxygen atoms in total. The molecule has 10 heteroatoms. The van der Waals surface area contributed by atoms with E-state index in [1.165, 1.54) is 7.11 Å². The molecule has 1 aliphatic rings. The number of carbonyl (C=O) groups is 2. The maximum absolute atomic E-state index is 13.5. The molecule has 0 unspecified atom stereocenters. The van der Waals surface area contributed by atoms with Gasteiger partial charge in [-0.05, 0) is 70.7 Å². The molecule has 1 aliphatic carbocycles. The highest BCUT2D eigenvalue weighted by molar-refractivity contribution is 5.94. The molecule has 1 N–H and O–H groups in total. The third kappa shape index (κ3) is 7.89. The van der Waals surface area contributed by atoms with E-state index >= 15 is 0 Å². The van der Waals surface area contributed by atoms with Gasteiger partial charge in [0.2, 0.25) is 0 Å². The molecule has 2 aromatic heterocycles. The van der Waals surface area contributed by atoms with Crippen molar-refractivity contribution < 1.29 is 23.8 Å². The van der Waals surface area contributed by atoms with Crippen molar-refractivity contribution in [3.8, 4) is 22.9 Å². The number of pyridine rings is 1. The molecule has 2 heterocycles. The quantitative estimate of drug-likeness (QED) is 0.439.